The Labute approximate surface area is 157 Å². The summed E-state index contributed by atoms with van der Waals surface area (Å²) in [5, 5.41) is 4.29. The van der Waals surface area contributed by atoms with Crippen LogP contribution in [0.5, 0.6) is 0 Å². The first-order valence-corrected chi connectivity index (χ1v) is 9.79. The Kier molecular flexibility index (Phi) is 5.08. The van der Waals surface area contributed by atoms with Crippen LogP contribution in [0.4, 0.5) is 11.5 Å². The van der Waals surface area contributed by atoms with Gasteiger partial charge < -0.3 is 10.1 Å². The summed E-state index contributed by atoms with van der Waals surface area (Å²) < 4.78 is 5.07. The van der Waals surface area contributed by atoms with Crippen molar-refractivity contribution in [3.05, 3.63) is 36.2 Å². The Balaban J connectivity index is 1.38. The Morgan fingerprint density at radius 3 is 3.15 bits per heavy atom. The van der Waals surface area contributed by atoms with Crippen LogP contribution in [-0.4, -0.2) is 40.5 Å². The topological polar surface area (TPSA) is 67.3 Å². The summed E-state index contributed by atoms with van der Waals surface area (Å²) in [6.45, 7) is 5.18. The van der Waals surface area contributed by atoms with Gasteiger partial charge in [-0.2, -0.15) is 0 Å². The highest BCUT2D eigenvalue weighted by molar-refractivity contribution is 7.99. The van der Waals surface area contributed by atoms with Gasteiger partial charge in [0.15, 0.2) is 5.82 Å². The van der Waals surface area contributed by atoms with Crippen LogP contribution in [0.1, 0.15) is 25.3 Å². The zero-order chi connectivity index (χ0) is 17.9. The van der Waals surface area contributed by atoms with E-state index in [-0.39, 0.29) is 5.97 Å². The van der Waals surface area contributed by atoms with Gasteiger partial charge in [0.05, 0.1) is 12.3 Å². The third kappa shape index (κ3) is 3.83. The number of nitrogens with zero attached hydrogens (tertiary/aromatic N) is 3. The quantitative estimate of drug-likeness (QED) is 0.690. The highest BCUT2D eigenvalue weighted by atomic mass is 32.2. The van der Waals surface area contributed by atoms with Crippen molar-refractivity contribution >= 4 is 29.2 Å². The van der Waals surface area contributed by atoms with Gasteiger partial charge in [0.1, 0.15) is 5.03 Å². The van der Waals surface area contributed by atoms with E-state index in [1.165, 1.54) is 10.5 Å². The Hall–Kier alpha value is -2.12. The van der Waals surface area contributed by atoms with Gasteiger partial charge >= 0.3 is 5.97 Å². The van der Waals surface area contributed by atoms with E-state index < -0.39 is 0 Å². The molecule has 0 spiro atoms. The van der Waals surface area contributed by atoms with Crippen molar-refractivity contribution in [3.8, 4) is 0 Å². The first-order valence-electron chi connectivity index (χ1n) is 8.98. The molecule has 26 heavy (non-hydrogen) atoms. The maximum Gasteiger partial charge on any atom is 0.306 e. The summed E-state index contributed by atoms with van der Waals surface area (Å²) >= 11 is 1.64. The molecule has 1 saturated heterocycles. The predicted molar refractivity (Wildman–Crippen MR) is 101 cm³/mol. The number of esters is 1. The highest BCUT2D eigenvalue weighted by Gasteiger charge is 2.25. The number of anilines is 2. The fraction of sp³-hybridized carbons (Fsp3) is 0.421. The van der Waals surface area contributed by atoms with E-state index in [9.17, 15) is 4.79 Å². The van der Waals surface area contributed by atoms with Crippen LogP contribution in [0.15, 0.2) is 40.5 Å². The molecule has 0 amide bonds. The van der Waals surface area contributed by atoms with Crippen LogP contribution >= 0.6 is 11.8 Å². The number of aromatic nitrogens is 2. The molecule has 1 fully saturated rings. The molecule has 0 saturated carbocycles. The molecule has 1 aromatic carbocycles. The third-order valence-corrected chi connectivity index (χ3v) is 5.77. The van der Waals surface area contributed by atoms with Crippen molar-refractivity contribution in [2.75, 3.05) is 25.0 Å². The molecule has 136 valence electrons. The Bertz CT molecular complexity index is 814. The Morgan fingerprint density at radius 1 is 1.38 bits per heavy atom. The molecular weight excluding hydrogens is 348 g/mol. The van der Waals surface area contributed by atoms with Crippen LogP contribution in [-0.2, 0) is 16.1 Å². The monoisotopic (exact) mass is 370 g/mol. The van der Waals surface area contributed by atoms with Gasteiger partial charge in [-0.15, -0.1) is 0 Å². The average molecular weight is 370 g/mol. The van der Waals surface area contributed by atoms with E-state index >= 15 is 0 Å². The second kappa shape index (κ2) is 7.63. The summed E-state index contributed by atoms with van der Waals surface area (Å²) in [5.41, 5.74) is 2.35. The molecule has 2 aliphatic heterocycles. The van der Waals surface area contributed by atoms with Gasteiger partial charge in [0, 0.05) is 36.8 Å². The number of carbonyl (C=O) groups is 1. The van der Waals surface area contributed by atoms with E-state index in [0.29, 0.717) is 18.9 Å². The molecule has 6 nitrogen and oxygen atoms in total. The molecule has 1 N–H and O–H groups in total. The summed E-state index contributed by atoms with van der Waals surface area (Å²) in [5.74, 6) is 1.15. The number of rotatable bonds is 5. The van der Waals surface area contributed by atoms with E-state index in [0.717, 1.165) is 42.6 Å². The number of carbonyl (C=O) groups excluding carboxylic acids is 1. The smallest absolute Gasteiger partial charge is 0.306 e. The van der Waals surface area contributed by atoms with Crippen molar-refractivity contribution in [3.63, 3.8) is 0 Å². The Morgan fingerprint density at radius 2 is 2.27 bits per heavy atom. The van der Waals surface area contributed by atoms with E-state index in [1.807, 2.05) is 6.92 Å². The maximum absolute atomic E-state index is 11.7. The van der Waals surface area contributed by atoms with Gasteiger partial charge in [-0.1, -0.05) is 17.8 Å². The molecule has 3 heterocycles. The summed E-state index contributed by atoms with van der Waals surface area (Å²) in [6.07, 6.45) is 5.01. The van der Waals surface area contributed by atoms with Gasteiger partial charge in [0.25, 0.3) is 0 Å². The molecule has 1 unspecified atom stereocenters. The van der Waals surface area contributed by atoms with Crippen LogP contribution in [0, 0.1) is 5.92 Å². The summed E-state index contributed by atoms with van der Waals surface area (Å²) in [6, 6.07) is 6.51. The standard InChI is InChI=1S/C19H22N4O2S/c1-2-25-17(24)10-14-5-8-23(12-14)11-13-3-4-16-15(9-13)22-18-19(26-16)21-7-6-20-18/h3-4,6-7,9,14H,2,5,8,10-12H2,1H3,(H,20,22). The number of fused-ring (bicyclic) bond motifs is 2. The normalized spacial score (nSPS) is 18.7. The second-order valence-electron chi connectivity index (χ2n) is 6.67. The maximum atomic E-state index is 11.7. The van der Waals surface area contributed by atoms with Crippen LogP contribution in [0.3, 0.4) is 0 Å². The largest absolute Gasteiger partial charge is 0.466 e. The first kappa shape index (κ1) is 17.3. The van der Waals surface area contributed by atoms with Gasteiger partial charge in [-0.25, -0.2) is 9.97 Å². The zero-order valence-corrected chi connectivity index (χ0v) is 15.6. The van der Waals surface area contributed by atoms with Gasteiger partial charge in [-0.05, 0) is 43.5 Å². The molecule has 7 heteroatoms. The van der Waals surface area contributed by atoms with Crippen LogP contribution in [0.25, 0.3) is 0 Å². The minimum atomic E-state index is -0.0749. The summed E-state index contributed by atoms with van der Waals surface area (Å²) in [7, 11) is 0. The molecule has 1 atom stereocenters. The van der Waals surface area contributed by atoms with Gasteiger partial charge in [-0.3, -0.25) is 9.69 Å². The molecule has 1 aromatic heterocycles. The van der Waals surface area contributed by atoms with E-state index in [2.05, 4.69) is 38.4 Å². The van der Waals surface area contributed by atoms with Crippen LogP contribution < -0.4 is 5.32 Å². The molecule has 0 bridgehead atoms. The lowest BCUT2D eigenvalue weighted by molar-refractivity contribution is -0.144. The zero-order valence-electron chi connectivity index (χ0n) is 14.8. The number of likely N-dealkylation sites (tertiary alicyclic amines) is 1. The average Bonchev–Trinajstić information content (AvgIpc) is 3.06. The van der Waals surface area contributed by atoms with E-state index in [4.69, 9.17) is 4.74 Å². The minimum Gasteiger partial charge on any atom is -0.466 e. The molecule has 2 aromatic rings. The predicted octanol–water partition coefficient (Wildman–Crippen LogP) is 3.46. The fourth-order valence-corrected chi connectivity index (χ4v) is 4.39. The lowest BCUT2D eigenvalue weighted by Crippen LogP contribution is -2.21. The molecule has 0 aliphatic carbocycles. The third-order valence-electron chi connectivity index (χ3n) is 4.71. The lowest BCUT2D eigenvalue weighted by atomic mass is 10.1. The SMILES string of the molecule is CCOC(=O)CC1CCN(Cc2ccc3c(c2)Nc2nccnc2S3)C1. The molecule has 0 radical (unpaired) electrons. The van der Waals surface area contributed by atoms with Gasteiger partial charge in [0.2, 0.25) is 0 Å². The summed E-state index contributed by atoms with van der Waals surface area (Å²) in [4.78, 5) is 24.0. The lowest BCUT2D eigenvalue weighted by Gasteiger charge is -2.21. The van der Waals surface area contributed by atoms with Crippen molar-refractivity contribution < 1.29 is 9.53 Å². The highest BCUT2D eigenvalue weighted by Crippen LogP contribution is 2.42. The number of benzene rings is 1. The number of hydrogen-bond donors (Lipinski definition) is 1. The molecular formula is C19H22N4O2S. The number of nitrogens with one attached hydrogen (secondary N) is 1. The van der Waals surface area contributed by atoms with Crippen molar-refractivity contribution in [1.82, 2.24) is 14.9 Å². The van der Waals surface area contributed by atoms with Crippen molar-refractivity contribution in [2.24, 2.45) is 5.92 Å². The molecule has 4 rings (SSSR count). The first-order chi connectivity index (χ1) is 12.7. The van der Waals surface area contributed by atoms with E-state index in [1.54, 1.807) is 24.2 Å². The molecule has 2 aliphatic rings. The van der Waals surface area contributed by atoms with Crippen molar-refractivity contribution in [2.45, 2.75) is 36.2 Å². The van der Waals surface area contributed by atoms with Crippen molar-refractivity contribution in [1.29, 1.82) is 0 Å². The number of hydrogen-bond acceptors (Lipinski definition) is 7. The van der Waals surface area contributed by atoms with Crippen LogP contribution in [0.2, 0.25) is 0 Å². The minimum absolute atomic E-state index is 0.0749. The number of ether oxygens (including phenoxy) is 1. The second-order valence-corrected chi connectivity index (χ2v) is 7.70. The fourth-order valence-electron chi connectivity index (χ4n) is 3.52.